The summed E-state index contributed by atoms with van der Waals surface area (Å²) in [5, 5.41) is 2.75. The first-order valence-corrected chi connectivity index (χ1v) is 7.99. The van der Waals surface area contributed by atoms with Crippen LogP contribution in [0.5, 0.6) is 5.75 Å². The lowest BCUT2D eigenvalue weighted by Gasteiger charge is -2.17. The highest BCUT2D eigenvalue weighted by molar-refractivity contribution is 6.01. The molecule has 1 heterocycles. The third kappa shape index (κ3) is 3.74. The molecule has 0 aromatic heterocycles. The molecule has 0 spiro atoms. The van der Waals surface area contributed by atoms with E-state index < -0.39 is 6.04 Å². The first kappa shape index (κ1) is 16.1. The number of rotatable bonds is 5. The number of hydrogen-bond donors (Lipinski definition) is 1. The van der Waals surface area contributed by atoms with Crippen molar-refractivity contribution in [3.63, 3.8) is 0 Å². The number of para-hydroxylation sites is 1. The summed E-state index contributed by atoms with van der Waals surface area (Å²) in [7, 11) is 0. The fourth-order valence-electron chi connectivity index (χ4n) is 2.70. The van der Waals surface area contributed by atoms with E-state index in [0.717, 1.165) is 11.3 Å². The molecule has 0 bridgehead atoms. The lowest BCUT2D eigenvalue weighted by molar-refractivity contribution is -0.127. The number of carbonyl (C=O) groups is 2. The maximum absolute atomic E-state index is 12.5. The molecule has 2 amide bonds. The van der Waals surface area contributed by atoms with E-state index in [1.165, 1.54) is 0 Å². The van der Waals surface area contributed by atoms with Crippen LogP contribution in [0, 0.1) is 6.92 Å². The molecule has 1 unspecified atom stereocenters. The zero-order chi connectivity index (χ0) is 16.9. The van der Waals surface area contributed by atoms with Gasteiger partial charge in [-0.25, -0.2) is 0 Å². The minimum Gasteiger partial charge on any atom is -0.484 e. The number of hydrogen-bond acceptors (Lipinski definition) is 3. The van der Waals surface area contributed by atoms with Crippen LogP contribution in [-0.4, -0.2) is 31.0 Å². The van der Waals surface area contributed by atoms with Gasteiger partial charge in [0, 0.05) is 12.2 Å². The number of anilines is 1. The molecular weight excluding hydrogens is 304 g/mol. The van der Waals surface area contributed by atoms with E-state index in [0.29, 0.717) is 18.7 Å². The lowest BCUT2D eigenvalue weighted by atomic mass is 10.2. The van der Waals surface area contributed by atoms with Crippen LogP contribution in [0.15, 0.2) is 54.6 Å². The van der Waals surface area contributed by atoms with Crippen molar-refractivity contribution in [3.8, 4) is 5.75 Å². The van der Waals surface area contributed by atoms with Crippen LogP contribution >= 0.6 is 0 Å². The third-order valence-corrected chi connectivity index (χ3v) is 4.00. The Balaban J connectivity index is 1.53. The molecule has 1 saturated heterocycles. The number of carbonyl (C=O) groups excluding carboxylic acids is 2. The Hall–Kier alpha value is -2.82. The standard InChI is InChI=1S/C19H20N2O3/c1-14-7-9-15(10-8-14)21-12-11-17(19(21)23)20-18(22)13-24-16-5-3-2-4-6-16/h2-10,17H,11-13H2,1H3,(H,20,22). The van der Waals surface area contributed by atoms with Crippen molar-refractivity contribution in [2.75, 3.05) is 18.1 Å². The van der Waals surface area contributed by atoms with Crippen LogP contribution < -0.4 is 15.0 Å². The number of nitrogens with one attached hydrogen (secondary N) is 1. The molecule has 2 aromatic rings. The van der Waals surface area contributed by atoms with Crippen molar-refractivity contribution in [2.45, 2.75) is 19.4 Å². The Kier molecular flexibility index (Phi) is 4.79. The van der Waals surface area contributed by atoms with Crippen molar-refractivity contribution in [1.29, 1.82) is 0 Å². The number of nitrogens with zero attached hydrogens (tertiary/aromatic N) is 1. The van der Waals surface area contributed by atoms with Crippen molar-refractivity contribution in [1.82, 2.24) is 5.32 Å². The van der Waals surface area contributed by atoms with E-state index in [9.17, 15) is 9.59 Å². The highest BCUT2D eigenvalue weighted by atomic mass is 16.5. The van der Waals surface area contributed by atoms with Gasteiger partial charge >= 0.3 is 0 Å². The molecule has 124 valence electrons. The van der Waals surface area contributed by atoms with Gasteiger partial charge < -0.3 is 15.0 Å². The minimum absolute atomic E-state index is 0.0769. The van der Waals surface area contributed by atoms with Gasteiger partial charge in [0.15, 0.2) is 6.61 Å². The molecule has 1 aliphatic heterocycles. The van der Waals surface area contributed by atoms with Gasteiger partial charge in [0.25, 0.3) is 5.91 Å². The summed E-state index contributed by atoms with van der Waals surface area (Å²) in [6.07, 6.45) is 0.601. The predicted octanol–water partition coefficient (Wildman–Crippen LogP) is 2.30. The Bertz CT molecular complexity index is 713. The molecule has 1 atom stereocenters. The van der Waals surface area contributed by atoms with Crippen LogP contribution in [-0.2, 0) is 9.59 Å². The summed E-state index contributed by atoms with van der Waals surface area (Å²) < 4.78 is 5.40. The van der Waals surface area contributed by atoms with E-state index >= 15 is 0 Å². The van der Waals surface area contributed by atoms with Crippen LogP contribution in [0.25, 0.3) is 0 Å². The smallest absolute Gasteiger partial charge is 0.258 e. The van der Waals surface area contributed by atoms with Crippen LogP contribution in [0.1, 0.15) is 12.0 Å². The molecule has 2 aromatic carbocycles. The van der Waals surface area contributed by atoms with E-state index in [-0.39, 0.29) is 18.4 Å². The second kappa shape index (κ2) is 7.17. The molecular formula is C19H20N2O3. The molecule has 5 heteroatoms. The van der Waals surface area contributed by atoms with Gasteiger partial charge in [-0.2, -0.15) is 0 Å². The summed E-state index contributed by atoms with van der Waals surface area (Å²) in [5.74, 6) is 0.265. The van der Waals surface area contributed by atoms with Gasteiger partial charge in [0.1, 0.15) is 11.8 Å². The number of aryl methyl sites for hydroxylation is 1. The Labute approximate surface area is 141 Å². The van der Waals surface area contributed by atoms with Gasteiger partial charge in [-0.05, 0) is 37.6 Å². The third-order valence-electron chi connectivity index (χ3n) is 4.00. The second-order valence-electron chi connectivity index (χ2n) is 5.84. The SMILES string of the molecule is Cc1ccc(N2CCC(NC(=O)COc3ccccc3)C2=O)cc1. The molecule has 24 heavy (non-hydrogen) atoms. The summed E-state index contributed by atoms with van der Waals surface area (Å²) in [4.78, 5) is 26.2. The van der Waals surface area contributed by atoms with E-state index in [1.807, 2.05) is 49.4 Å². The van der Waals surface area contributed by atoms with E-state index in [2.05, 4.69) is 5.32 Å². The van der Waals surface area contributed by atoms with Crippen molar-refractivity contribution in [2.24, 2.45) is 0 Å². The summed E-state index contributed by atoms with van der Waals surface area (Å²) in [6.45, 7) is 2.51. The Morgan fingerprint density at radius 2 is 1.88 bits per heavy atom. The zero-order valence-corrected chi connectivity index (χ0v) is 13.6. The highest BCUT2D eigenvalue weighted by Gasteiger charge is 2.33. The number of ether oxygens (including phenoxy) is 1. The first-order valence-electron chi connectivity index (χ1n) is 7.99. The largest absolute Gasteiger partial charge is 0.484 e. The quantitative estimate of drug-likeness (QED) is 0.918. The monoisotopic (exact) mass is 324 g/mol. The van der Waals surface area contributed by atoms with Crippen molar-refractivity contribution < 1.29 is 14.3 Å². The molecule has 0 radical (unpaired) electrons. The molecule has 5 nitrogen and oxygen atoms in total. The molecule has 1 aliphatic rings. The van der Waals surface area contributed by atoms with Gasteiger partial charge in [0.05, 0.1) is 0 Å². The summed E-state index contributed by atoms with van der Waals surface area (Å²) >= 11 is 0. The lowest BCUT2D eigenvalue weighted by Crippen LogP contribution is -2.43. The molecule has 1 N–H and O–H groups in total. The molecule has 1 fully saturated rings. The number of amides is 2. The average molecular weight is 324 g/mol. The van der Waals surface area contributed by atoms with Crippen LogP contribution in [0.4, 0.5) is 5.69 Å². The summed E-state index contributed by atoms with van der Waals surface area (Å²) in [5.41, 5.74) is 2.01. The normalized spacial score (nSPS) is 17.0. The highest BCUT2D eigenvalue weighted by Crippen LogP contribution is 2.22. The van der Waals surface area contributed by atoms with E-state index in [4.69, 9.17) is 4.74 Å². The maximum atomic E-state index is 12.5. The zero-order valence-electron chi connectivity index (χ0n) is 13.6. The van der Waals surface area contributed by atoms with Gasteiger partial charge in [-0.3, -0.25) is 9.59 Å². The fraction of sp³-hybridized carbons (Fsp3) is 0.263. The van der Waals surface area contributed by atoms with E-state index in [1.54, 1.807) is 17.0 Å². The predicted molar refractivity (Wildman–Crippen MR) is 92.0 cm³/mol. The maximum Gasteiger partial charge on any atom is 0.258 e. The van der Waals surface area contributed by atoms with Crippen LogP contribution in [0.2, 0.25) is 0 Å². The molecule has 3 rings (SSSR count). The van der Waals surface area contributed by atoms with Gasteiger partial charge in [0.2, 0.25) is 5.91 Å². The topological polar surface area (TPSA) is 58.6 Å². The van der Waals surface area contributed by atoms with Crippen molar-refractivity contribution >= 4 is 17.5 Å². The minimum atomic E-state index is -0.488. The first-order chi connectivity index (χ1) is 11.6. The van der Waals surface area contributed by atoms with Crippen LogP contribution in [0.3, 0.4) is 0 Å². The molecule has 0 aliphatic carbocycles. The number of benzene rings is 2. The second-order valence-corrected chi connectivity index (χ2v) is 5.84. The summed E-state index contributed by atoms with van der Waals surface area (Å²) in [6, 6.07) is 16.4. The fourth-order valence-corrected chi connectivity index (χ4v) is 2.70. The Morgan fingerprint density at radius 3 is 2.58 bits per heavy atom. The van der Waals surface area contributed by atoms with Gasteiger partial charge in [-0.15, -0.1) is 0 Å². The average Bonchev–Trinajstić information content (AvgIpc) is 2.95. The van der Waals surface area contributed by atoms with Crippen molar-refractivity contribution in [3.05, 3.63) is 60.2 Å². The van der Waals surface area contributed by atoms with Gasteiger partial charge in [-0.1, -0.05) is 35.9 Å². The Morgan fingerprint density at radius 1 is 1.17 bits per heavy atom. The molecule has 0 saturated carbocycles.